The quantitative estimate of drug-likeness (QED) is 0.438. The molecule has 0 bridgehead atoms. The van der Waals surface area contributed by atoms with Crippen LogP contribution in [0.4, 0.5) is 11.8 Å². The minimum Gasteiger partial charge on any atom is -0.384 e. The number of imidazole rings is 1. The molecular weight excluding hydrogens is 504 g/mol. The second-order valence-electron chi connectivity index (χ2n) is 9.95. The van der Waals surface area contributed by atoms with Crippen molar-refractivity contribution in [1.29, 1.82) is 0 Å². The number of nitrogens with two attached hydrogens (primary N) is 1. The zero-order chi connectivity index (χ0) is 27.7. The molecule has 2 aromatic heterocycles. The van der Waals surface area contributed by atoms with Crippen LogP contribution in [-0.4, -0.2) is 50.2 Å². The second-order valence-corrected chi connectivity index (χ2v) is 10.4. The van der Waals surface area contributed by atoms with Crippen LogP contribution in [-0.2, 0) is 27.9 Å². The van der Waals surface area contributed by atoms with E-state index in [1.807, 2.05) is 45.0 Å². The molecule has 1 aromatic carbocycles. The molecule has 3 amide bonds. The van der Waals surface area contributed by atoms with Crippen molar-refractivity contribution in [3.63, 3.8) is 0 Å². The van der Waals surface area contributed by atoms with Gasteiger partial charge in [0.1, 0.15) is 11.9 Å². The number of aryl methyl sites for hydroxylation is 3. The van der Waals surface area contributed by atoms with Crippen LogP contribution in [0.2, 0.25) is 5.02 Å². The number of carbonyl (C=O) groups excluding carboxylic acids is 3. The molecule has 38 heavy (non-hydrogen) atoms. The lowest BCUT2D eigenvalue weighted by atomic mass is 9.80. The highest BCUT2D eigenvalue weighted by Crippen LogP contribution is 2.36. The van der Waals surface area contributed by atoms with E-state index >= 15 is 0 Å². The van der Waals surface area contributed by atoms with Gasteiger partial charge in [-0.2, -0.15) is 0 Å². The van der Waals surface area contributed by atoms with Crippen LogP contribution in [0.15, 0.2) is 42.7 Å². The van der Waals surface area contributed by atoms with Crippen molar-refractivity contribution in [1.82, 2.24) is 19.4 Å². The number of hydrogen-bond donors (Lipinski definition) is 1. The molecule has 1 aliphatic heterocycles. The zero-order valence-corrected chi connectivity index (χ0v) is 23.1. The Hall–Kier alpha value is -3.72. The lowest BCUT2D eigenvalue weighted by Gasteiger charge is -2.46. The molecule has 0 unspecified atom stereocenters. The van der Waals surface area contributed by atoms with E-state index in [1.54, 1.807) is 37.1 Å². The number of anilines is 2. The molecule has 0 spiro atoms. The van der Waals surface area contributed by atoms with Crippen LogP contribution in [0.1, 0.15) is 48.1 Å². The molecule has 3 heterocycles. The standard InChI is InChI=1S/C28H33ClN6O3/c1-6-19(20-8-7-16(2)22(29)14-20)15-24(36)35-25(27(38)34(5)28-31-9-10-33(28)4)21(26(35)37)12-18-11-17(3)32-23(30)13-18/h7-11,13-14,19,21,25H,6,12,15H2,1-5H3,(H2,30,32)/t19-,21+,25-/m0/s1. The van der Waals surface area contributed by atoms with Crippen LogP contribution in [0, 0.1) is 19.8 Å². The maximum absolute atomic E-state index is 13.8. The fourth-order valence-corrected chi connectivity index (χ4v) is 5.28. The number of imide groups is 1. The maximum Gasteiger partial charge on any atom is 0.253 e. The van der Waals surface area contributed by atoms with Crippen molar-refractivity contribution < 1.29 is 14.4 Å². The monoisotopic (exact) mass is 536 g/mol. The predicted molar refractivity (Wildman–Crippen MR) is 147 cm³/mol. The van der Waals surface area contributed by atoms with Gasteiger partial charge in [-0.3, -0.25) is 24.2 Å². The maximum atomic E-state index is 13.8. The molecule has 1 fully saturated rings. The lowest BCUT2D eigenvalue weighted by Crippen LogP contribution is -2.69. The van der Waals surface area contributed by atoms with Gasteiger partial charge < -0.3 is 10.3 Å². The molecule has 10 heteroatoms. The number of rotatable bonds is 8. The number of likely N-dealkylation sites (tertiary alicyclic amines) is 1. The van der Waals surface area contributed by atoms with Gasteiger partial charge >= 0.3 is 0 Å². The third-order valence-corrected chi connectivity index (χ3v) is 7.64. The number of β-lactam (4-membered cyclic amide) rings is 1. The minimum absolute atomic E-state index is 0.0889. The number of halogens is 1. The molecule has 4 rings (SSSR count). The number of carbonyl (C=O) groups is 3. The molecular formula is C28H33ClN6O3. The Balaban J connectivity index is 1.62. The minimum atomic E-state index is -0.953. The van der Waals surface area contributed by atoms with E-state index in [-0.39, 0.29) is 36.5 Å². The summed E-state index contributed by atoms with van der Waals surface area (Å²) in [6, 6.07) is 8.33. The Labute approximate surface area is 227 Å². The smallest absolute Gasteiger partial charge is 0.253 e. The largest absolute Gasteiger partial charge is 0.384 e. The molecule has 0 radical (unpaired) electrons. The van der Waals surface area contributed by atoms with Gasteiger partial charge in [0.05, 0.1) is 5.92 Å². The van der Waals surface area contributed by atoms with Gasteiger partial charge in [0.25, 0.3) is 5.91 Å². The van der Waals surface area contributed by atoms with E-state index in [9.17, 15) is 14.4 Å². The van der Waals surface area contributed by atoms with Crippen LogP contribution >= 0.6 is 11.6 Å². The number of nitrogen functional groups attached to an aromatic ring is 1. The topological polar surface area (TPSA) is 114 Å². The molecule has 0 saturated carbocycles. The molecule has 1 aliphatic rings. The van der Waals surface area contributed by atoms with E-state index < -0.39 is 12.0 Å². The van der Waals surface area contributed by atoms with Crippen molar-refractivity contribution in [3.05, 3.63) is 70.1 Å². The molecule has 0 aliphatic carbocycles. The SMILES string of the molecule is CC[C@@H](CC(=O)N1C(=O)[C@H](Cc2cc(C)nc(N)c2)[C@H]1C(=O)N(C)c1nccn1C)c1ccc(C)c(Cl)c1. The van der Waals surface area contributed by atoms with Crippen molar-refractivity contribution in [2.75, 3.05) is 17.7 Å². The molecule has 1 saturated heterocycles. The van der Waals surface area contributed by atoms with E-state index in [0.717, 1.165) is 27.3 Å². The van der Waals surface area contributed by atoms with E-state index in [1.165, 1.54) is 4.90 Å². The van der Waals surface area contributed by atoms with Gasteiger partial charge in [0.2, 0.25) is 17.8 Å². The molecule has 9 nitrogen and oxygen atoms in total. The second kappa shape index (κ2) is 10.9. The summed E-state index contributed by atoms with van der Waals surface area (Å²) in [4.78, 5) is 51.7. The highest BCUT2D eigenvalue weighted by molar-refractivity contribution is 6.31. The van der Waals surface area contributed by atoms with E-state index in [4.69, 9.17) is 17.3 Å². The molecule has 200 valence electrons. The molecule has 2 N–H and O–H groups in total. The van der Waals surface area contributed by atoms with Crippen LogP contribution in [0.25, 0.3) is 0 Å². The molecule has 3 atom stereocenters. The van der Waals surface area contributed by atoms with Gasteiger partial charge in [0, 0.05) is 43.6 Å². The number of pyridine rings is 1. The number of likely N-dealkylation sites (N-methyl/N-ethyl adjacent to an activating group) is 1. The first-order valence-electron chi connectivity index (χ1n) is 12.6. The van der Waals surface area contributed by atoms with E-state index in [0.29, 0.717) is 23.2 Å². The predicted octanol–water partition coefficient (Wildman–Crippen LogP) is 3.81. The first-order chi connectivity index (χ1) is 18.0. The Morgan fingerprint density at radius 1 is 1.21 bits per heavy atom. The normalized spacial score (nSPS) is 17.7. The molecule has 3 aromatic rings. The van der Waals surface area contributed by atoms with Gasteiger partial charge in [-0.05, 0) is 67.5 Å². The Bertz CT molecular complexity index is 1370. The number of amides is 3. The fourth-order valence-electron chi connectivity index (χ4n) is 5.10. The summed E-state index contributed by atoms with van der Waals surface area (Å²) in [7, 11) is 3.38. The highest BCUT2D eigenvalue weighted by Gasteiger charge is 2.55. The number of nitrogens with zero attached hydrogens (tertiary/aromatic N) is 5. The Morgan fingerprint density at radius 3 is 2.55 bits per heavy atom. The Morgan fingerprint density at radius 2 is 1.95 bits per heavy atom. The third-order valence-electron chi connectivity index (χ3n) is 7.23. The number of aromatic nitrogens is 3. The van der Waals surface area contributed by atoms with E-state index in [2.05, 4.69) is 9.97 Å². The highest BCUT2D eigenvalue weighted by atomic mass is 35.5. The summed E-state index contributed by atoms with van der Waals surface area (Å²) < 4.78 is 1.71. The van der Waals surface area contributed by atoms with Gasteiger partial charge in [0.15, 0.2) is 0 Å². The van der Waals surface area contributed by atoms with Gasteiger partial charge in [-0.25, -0.2) is 9.97 Å². The summed E-state index contributed by atoms with van der Waals surface area (Å²) >= 11 is 6.33. The fraction of sp³-hybridized carbons (Fsp3) is 0.393. The number of hydrogen-bond acceptors (Lipinski definition) is 6. The van der Waals surface area contributed by atoms with Gasteiger partial charge in [-0.15, -0.1) is 0 Å². The first kappa shape index (κ1) is 27.3. The third kappa shape index (κ3) is 5.29. The van der Waals surface area contributed by atoms with Crippen molar-refractivity contribution in [2.24, 2.45) is 13.0 Å². The van der Waals surface area contributed by atoms with Crippen molar-refractivity contribution in [3.8, 4) is 0 Å². The summed E-state index contributed by atoms with van der Waals surface area (Å²) in [5.74, 6) is -1.21. The average molecular weight is 537 g/mol. The first-order valence-corrected chi connectivity index (χ1v) is 13.0. The van der Waals surface area contributed by atoms with Gasteiger partial charge in [-0.1, -0.05) is 30.7 Å². The van der Waals surface area contributed by atoms with Crippen molar-refractivity contribution in [2.45, 2.75) is 52.0 Å². The zero-order valence-electron chi connectivity index (χ0n) is 22.3. The Kier molecular flexibility index (Phi) is 7.87. The lowest BCUT2D eigenvalue weighted by molar-refractivity contribution is -0.170. The summed E-state index contributed by atoms with van der Waals surface area (Å²) in [6.07, 6.45) is 4.36. The summed E-state index contributed by atoms with van der Waals surface area (Å²) in [6.45, 7) is 5.72. The summed E-state index contributed by atoms with van der Waals surface area (Å²) in [5.41, 5.74) is 9.30. The van der Waals surface area contributed by atoms with Crippen LogP contribution in [0.3, 0.4) is 0 Å². The van der Waals surface area contributed by atoms with Crippen LogP contribution < -0.4 is 10.6 Å². The number of benzene rings is 1. The van der Waals surface area contributed by atoms with Crippen LogP contribution in [0.5, 0.6) is 0 Å². The van der Waals surface area contributed by atoms with Crippen molar-refractivity contribution >= 4 is 41.1 Å². The average Bonchev–Trinajstić information content (AvgIpc) is 3.30. The summed E-state index contributed by atoms with van der Waals surface area (Å²) in [5, 5.41) is 0.630.